The lowest BCUT2D eigenvalue weighted by Crippen LogP contribution is -3.06. The van der Waals surface area contributed by atoms with Crippen molar-refractivity contribution in [1.29, 1.82) is 0 Å². The molecule has 2 unspecified atom stereocenters. The topological polar surface area (TPSA) is 34.0 Å². The van der Waals surface area contributed by atoms with E-state index in [-0.39, 0.29) is 0 Å². The van der Waals surface area contributed by atoms with Crippen molar-refractivity contribution in [2.45, 2.75) is 37.2 Å². The number of carbonyl (C=O) groups excluding carboxylic acids is 1. The van der Waals surface area contributed by atoms with Gasteiger partial charge < -0.3 is 14.1 Å². The fraction of sp³-hybridized carbons (Fsp3) is 0.938. The smallest absolute Gasteiger partial charge is 0.189 e. The summed E-state index contributed by atoms with van der Waals surface area (Å²) in [5.74, 6) is 2.10. The molecule has 0 bridgehead atoms. The fourth-order valence-electron chi connectivity index (χ4n) is 1.98. The Balaban J connectivity index is 1.91. The summed E-state index contributed by atoms with van der Waals surface area (Å²) in [7, 11) is 10.8. The van der Waals surface area contributed by atoms with Gasteiger partial charge in [-0.05, 0) is 12.8 Å². The molecule has 1 N–H and O–H groups in total. The van der Waals surface area contributed by atoms with Gasteiger partial charge in [0, 0.05) is 12.2 Å². The number of nitrogens with zero attached hydrogens (tertiary/aromatic N) is 1. The molecule has 0 saturated carbocycles. The molecule has 1 fully saturated rings. The van der Waals surface area contributed by atoms with Gasteiger partial charge in [-0.3, -0.25) is 4.79 Å². The maximum Gasteiger partial charge on any atom is 0.189 e. The first kappa shape index (κ1) is 20.3. The number of quaternary nitrogens is 2. The van der Waals surface area contributed by atoms with Crippen molar-refractivity contribution in [1.82, 2.24) is 0 Å². The number of hydrogen-bond donors (Lipinski definition) is 1. The minimum absolute atomic E-state index is 0.352. The van der Waals surface area contributed by atoms with Gasteiger partial charge in [0.25, 0.3) is 0 Å². The highest BCUT2D eigenvalue weighted by Crippen LogP contribution is 2.36. The SMILES string of the molecule is C[NH+](C)CCSC1OC1CCCCC(=O)SCC[N+](C)(C)C. The first-order chi connectivity index (χ1) is 10.3. The van der Waals surface area contributed by atoms with Crippen LogP contribution < -0.4 is 4.90 Å². The van der Waals surface area contributed by atoms with Crippen molar-refractivity contribution in [3.8, 4) is 0 Å². The van der Waals surface area contributed by atoms with Crippen LogP contribution in [0.1, 0.15) is 25.7 Å². The van der Waals surface area contributed by atoms with E-state index in [2.05, 4.69) is 35.2 Å². The predicted molar refractivity (Wildman–Crippen MR) is 97.6 cm³/mol. The molecule has 0 spiro atoms. The van der Waals surface area contributed by atoms with Gasteiger partial charge in [-0.1, -0.05) is 18.2 Å². The second-order valence-corrected chi connectivity index (χ2v) is 9.71. The zero-order chi connectivity index (χ0) is 16.6. The van der Waals surface area contributed by atoms with Gasteiger partial charge in [0.05, 0.1) is 60.2 Å². The normalized spacial score (nSPS) is 21.4. The lowest BCUT2D eigenvalue weighted by atomic mass is 10.2. The van der Waals surface area contributed by atoms with Gasteiger partial charge in [-0.2, -0.15) is 0 Å². The Morgan fingerprint density at radius 2 is 1.91 bits per heavy atom. The van der Waals surface area contributed by atoms with Crippen LogP contribution in [0, 0.1) is 0 Å². The van der Waals surface area contributed by atoms with E-state index in [4.69, 9.17) is 4.74 Å². The second kappa shape index (κ2) is 10.2. The van der Waals surface area contributed by atoms with E-state index in [0.29, 0.717) is 16.7 Å². The lowest BCUT2D eigenvalue weighted by molar-refractivity contribution is -0.867. The van der Waals surface area contributed by atoms with E-state index in [1.54, 1.807) is 0 Å². The molecule has 1 aliphatic heterocycles. The molecule has 2 atom stereocenters. The molecule has 0 aliphatic carbocycles. The van der Waals surface area contributed by atoms with Crippen molar-refractivity contribution < 1.29 is 18.9 Å². The highest BCUT2D eigenvalue weighted by molar-refractivity contribution is 8.13. The molecule has 1 rings (SSSR count). The van der Waals surface area contributed by atoms with Gasteiger partial charge >= 0.3 is 0 Å². The molecule has 1 aliphatic rings. The molecule has 4 nitrogen and oxygen atoms in total. The van der Waals surface area contributed by atoms with Crippen molar-refractivity contribution >= 4 is 28.6 Å². The summed E-state index contributed by atoms with van der Waals surface area (Å²) in [5, 5.41) is 0.352. The van der Waals surface area contributed by atoms with Crippen molar-refractivity contribution in [2.24, 2.45) is 0 Å². The number of ether oxygens (including phenoxy) is 1. The van der Waals surface area contributed by atoms with Crippen LogP contribution in [0.3, 0.4) is 0 Å². The highest BCUT2D eigenvalue weighted by atomic mass is 32.2. The molecule has 1 heterocycles. The number of carbonyl (C=O) groups is 1. The lowest BCUT2D eigenvalue weighted by Gasteiger charge is -2.23. The number of thioether (sulfide) groups is 2. The number of hydrogen-bond acceptors (Lipinski definition) is 4. The van der Waals surface area contributed by atoms with Crippen molar-refractivity contribution in [2.75, 3.05) is 59.8 Å². The van der Waals surface area contributed by atoms with Crippen LogP contribution in [0.2, 0.25) is 0 Å². The first-order valence-electron chi connectivity index (χ1n) is 8.30. The van der Waals surface area contributed by atoms with Crippen molar-refractivity contribution in [3.63, 3.8) is 0 Å². The Hall–Kier alpha value is 0.250. The molecule has 0 amide bonds. The summed E-state index contributed by atoms with van der Waals surface area (Å²) in [6.45, 7) is 2.23. The van der Waals surface area contributed by atoms with E-state index in [0.717, 1.165) is 42.5 Å². The molecule has 0 aromatic heterocycles. The summed E-state index contributed by atoms with van der Waals surface area (Å²) < 4.78 is 6.59. The van der Waals surface area contributed by atoms with E-state index in [1.165, 1.54) is 29.0 Å². The molecular weight excluding hydrogens is 316 g/mol. The Bertz CT molecular complexity index is 333. The minimum Gasteiger partial charge on any atom is -0.358 e. The summed E-state index contributed by atoms with van der Waals surface area (Å²) in [6, 6.07) is 0. The summed E-state index contributed by atoms with van der Waals surface area (Å²) in [5.41, 5.74) is 0.425. The van der Waals surface area contributed by atoms with Gasteiger partial charge in [0.15, 0.2) is 5.12 Å². The van der Waals surface area contributed by atoms with Gasteiger partial charge in [-0.15, -0.1) is 11.8 Å². The third-order valence-corrected chi connectivity index (χ3v) is 5.66. The Labute approximate surface area is 144 Å². The van der Waals surface area contributed by atoms with E-state index in [1.807, 2.05) is 11.8 Å². The molecule has 1 saturated heterocycles. The highest BCUT2D eigenvalue weighted by Gasteiger charge is 2.38. The first-order valence-corrected chi connectivity index (χ1v) is 10.3. The van der Waals surface area contributed by atoms with E-state index >= 15 is 0 Å². The molecule has 6 heteroatoms. The second-order valence-electron chi connectivity index (χ2n) is 7.35. The summed E-state index contributed by atoms with van der Waals surface area (Å²) >= 11 is 3.44. The zero-order valence-corrected chi connectivity index (χ0v) is 16.5. The Morgan fingerprint density at radius 3 is 2.55 bits per heavy atom. The number of nitrogens with one attached hydrogen (secondary N) is 1. The number of unbranched alkanes of at least 4 members (excludes halogenated alkanes) is 1. The third kappa shape index (κ3) is 10.9. The molecular formula is C16H34N2O2S2+2. The van der Waals surface area contributed by atoms with Crippen LogP contribution >= 0.6 is 23.5 Å². The molecule has 0 radical (unpaired) electrons. The molecule has 0 aromatic carbocycles. The third-order valence-electron chi connectivity index (χ3n) is 3.56. The van der Waals surface area contributed by atoms with Gasteiger partial charge in [0.1, 0.15) is 5.44 Å². The monoisotopic (exact) mass is 350 g/mol. The summed E-state index contributed by atoms with van der Waals surface area (Å²) in [4.78, 5) is 13.3. The maximum atomic E-state index is 11.8. The minimum atomic E-state index is 0.352. The number of epoxide rings is 1. The quantitative estimate of drug-likeness (QED) is 0.325. The van der Waals surface area contributed by atoms with Crippen LogP contribution in [0.5, 0.6) is 0 Å². The fourth-order valence-corrected chi connectivity index (χ4v) is 4.46. The Kier molecular flexibility index (Phi) is 9.40. The van der Waals surface area contributed by atoms with Crippen LogP contribution in [0.15, 0.2) is 0 Å². The Morgan fingerprint density at radius 1 is 1.18 bits per heavy atom. The molecule has 0 aromatic rings. The van der Waals surface area contributed by atoms with Crippen LogP contribution in [0.25, 0.3) is 0 Å². The molecule has 130 valence electrons. The largest absolute Gasteiger partial charge is 0.358 e. The molecule has 22 heavy (non-hydrogen) atoms. The zero-order valence-electron chi connectivity index (χ0n) is 14.9. The van der Waals surface area contributed by atoms with Crippen molar-refractivity contribution in [3.05, 3.63) is 0 Å². The maximum absolute atomic E-state index is 11.8. The standard InChI is InChI=1S/C16H33N2O2S2/c1-17(2)10-12-22-16-14(20-16)8-6-7-9-15(19)21-13-11-18(3,4)5/h14,16H,6-13H2,1-5H3/q+1/p+1. The van der Waals surface area contributed by atoms with E-state index < -0.39 is 0 Å². The summed E-state index contributed by atoms with van der Waals surface area (Å²) in [6.07, 6.45) is 4.40. The number of rotatable bonds is 12. The average molecular weight is 351 g/mol. The van der Waals surface area contributed by atoms with Crippen LogP contribution in [-0.2, 0) is 9.53 Å². The van der Waals surface area contributed by atoms with Gasteiger partial charge in [-0.25, -0.2) is 0 Å². The van der Waals surface area contributed by atoms with Gasteiger partial charge in [0.2, 0.25) is 0 Å². The average Bonchev–Trinajstić information content (AvgIpc) is 3.11. The van der Waals surface area contributed by atoms with E-state index in [9.17, 15) is 4.79 Å². The predicted octanol–water partition coefficient (Wildman–Crippen LogP) is 1.12. The van der Waals surface area contributed by atoms with Crippen LogP contribution in [-0.4, -0.2) is 81.0 Å². The van der Waals surface area contributed by atoms with Crippen LogP contribution in [0.4, 0.5) is 0 Å².